The zero-order chi connectivity index (χ0) is 16.5. The number of aryl methyl sites for hydroxylation is 1. The van der Waals surface area contributed by atoms with Gasteiger partial charge >= 0.3 is 0 Å². The van der Waals surface area contributed by atoms with E-state index in [1.165, 1.54) is 16.9 Å². The van der Waals surface area contributed by atoms with Crippen molar-refractivity contribution in [3.05, 3.63) is 65.2 Å². The summed E-state index contributed by atoms with van der Waals surface area (Å²) in [5.74, 6) is 1.58. The first kappa shape index (κ1) is 14.8. The molecular weight excluding hydrogens is 320 g/mol. The highest BCUT2D eigenvalue weighted by atomic mass is 32.1. The fourth-order valence-corrected chi connectivity index (χ4v) is 3.33. The first-order valence-corrected chi connectivity index (χ1v) is 8.53. The second kappa shape index (κ2) is 6.05. The van der Waals surface area contributed by atoms with Gasteiger partial charge in [-0.2, -0.15) is 9.61 Å². The van der Waals surface area contributed by atoms with Crippen molar-refractivity contribution in [3.63, 3.8) is 0 Å². The standard InChI is InChI=1S/C18H16N4OS/c1-12-7-6-8-14(11-12)16-19-20-18-22(16)21-17(24-18)13(2)23-15-9-4-3-5-10-15/h3-11,13H,1-2H3/t13-/m1/s1. The lowest BCUT2D eigenvalue weighted by Crippen LogP contribution is -2.03. The van der Waals surface area contributed by atoms with Crippen LogP contribution in [0.3, 0.4) is 0 Å². The van der Waals surface area contributed by atoms with Crippen molar-refractivity contribution >= 4 is 16.3 Å². The Morgan fingerprint density at radius 3 is 2.67 bits per heavy atom. The zero-order valence-electron chi connectivity index (χ0n) is 13.4. The first-order valence-electron chi connectivity index (χ1n) is 7.71. The summed E-state index contributed by atoms with van der Waals surface area (Å²) in [5.41, 5.74) is 2.19. The van der Waals surface area contributed by atoms with E-state index < -0.39 is 0 Å². The fraction of sp³-hybridized carbons (Fsp3) is 0.167. The molecular formula is C18H16N4OS. The molecule has 0 bridgehead atoms. The summed E-state index contributed by atoms with van der Waals surface area (Å²) in [6.45, 7) is 4.05. The second-order valence-corrected chi connectivity index (χ2v) is 6.59. The van der Waals surface area contributed by atoms with E-state index in [1.807, 2.05) is 49.4 Å². The van der Waals surface area contributed by atoms with E-state index in [9.17, 15) is 0 Å². The summed E-state index contributed by atoms with van der Waals surface area (Å²) in [7, 11) is 0. The van der Waals surface area contributed by atoms with Crippen LogP contribution < -0.4 is 4.74 Å². The molecule has 2 aromatic heterocycles. The number of nitrogens with zero attached hydrogens (tertiary/aromatic N) is 4. The van der Waals surface area contributed by atoms with E-state index >= 15 is 0 Å². The highest BCUT2D eigenvalue weighted by Crippen LogP contribution is 2.27. The minimum Gasteiger partial charge on any atom is -0.483 e. The van der Waals surface area contributed by atoms with E-state index in [4.69, 9.17) is 4.74 Å². The molecule has 0 spiro atoms. The number of hydrogen-bond acceptors (Lipinski definition) is 5. The first-order chi connectivity index (χ1) is 11.7. The number of hydrogen-bond donors (Lipinski definition) is 0. The van der Waals surface area contributed by atoms with Crippen molar-refractivity contribution in [2.24, 2.45) is 0 Å². The molecule has 0 amide bonds. The Kier molecular flexibility index (Phi) is 3.74. The quantitative estimate of drug-likeness (QED) is 0.557. The number of aromatic nitrogens is 4. The van der Waals surface area contributed by atoms with Gasteiger partial charge in [-0.3, -0.25) is 0 Å². The molecule has 4 rings (SSSR count). The van der Waals surface area contributed by atoms with Gasteiger partial charge in [-0.15, -0.1) is 10.2 Å². The molecule has 0 unspecified atom stereocenters. The van der Waals surface area contributed by atoms with Crippen LogP contribution in [0.4, 0.5) is 0 Å². The Labute approximate surface area is 143 Å². The van der Waals surface area contributed by atoms with Gasteiger partial charge in [0.25, 0.3) is 0 Å². The largest absolute Gasteiger partial charge is 0.483 e. The third-order valence-corrected chi connectivity index (χ3v) is 4.75. The molecule has 0 saturated carbocycles. The average molecular weight is 336 g/mol. The minimum atomic E-state index is -0.149. The SMILES string of the molecule is Cc1cccc(-c2nnc3sc([C@@H](C)Oc4ccccc4)nn23)c1. The lowest BCUT2D eigenvalue weighted by atomic mass is 10.1. The highest BCUT2D eigenvalue weighted by molar-refractivity contribution is 7.16. The van der Waals surface area contributed by atoms with Crippen LogP contribution in [0.25, 0.3) is 16.3 Å². The van der Waals surface area contributed by atoms with E-state index in [0.717, 1.165) is 27.1 Å². The molecule has 6 heteroatoms. The van der Waals surface area contributed by atoms with Gasteiger partial charge in [0.2, 0.25) is 4.96 Å². The smallest absolute Gasteiger partial charge is 0.235 e. The lowest BCUT2D eigenvalue weighted by Gasteiger charge is -2.11. The van der Waals surface area contributed by atoms with Crippen LogP contribution in [0.15, 0.2) is 54.6 Å². The normalized spacial score (nSPS) is 12.4. The van der Waals surface area contributed by atoms with Crippen molar-refractivity contribution in [3.8, 4) is 17.1 Å². The van der Waals surface area contributed by atoms with Gasteiger partial charge in [0.05, 0.1) is 0 Å². The highest BCUT2D eigenvalue weighted by Gasteiger charge is 2.18. The Hall–Kier alpha value is -2.73. The van der Waals surface area contributed by atoms with Gasteiger partial charge in [-0.1, -0.05) is 53.3 Å². The Morgan fingerprint density at radius 1 is 1.04 bits per heavy atom. The monoisotopic (exact) mass is 336 g/mol. The molecule has 4 aromatic rings. The number of rotatable bonds is 4. The summed E-state index contributed by atoms with van der Waals surface area (Å²) in [4.78, 5) is 0.769. The van der Waals surface area contributed by atoms with Crippen LogP contribution in [0.5, 0.6) is 5.75 Å². The summed E-state index contributed by atoms with van der Waals surface area (Å²) < 4.78 is 7.74. The lowest BCUT2D eigenvalue weighted by molar-refractivity contribution is 0.225. The third-order valence-electron chi connectivity index (χ3n) is 3.69. The number of benzene rings is 2. The topological polar surface area (TPSA) is 52.3 Å². The average Bonchev–Trinajstić information content (AvgIpc) is 3.16. The van der Waals surface area contributed by atoms with E-state index in [-0.39, 0.29) is 6.10 Å². The van der Waals surface area contributed by atoms with Crippen molar-refractivity contribution < 1.29 is 4.74 Å². The van der Waals surface area contributed by atoms with Crippen LogP contribution in [0, 0.1) is 6.92 Å². The second-order valence-electron chi connectivity index (χ2n) is 5.60. The van der Waals surface area contributed by atoms with Crippen LogP contribution in [-0.4, -0.2) is 19.8 Å². The molecule has 0 aliphatic heterocycles. The predicted octanol–water partition coefficient (Wildman–Crippen LogP) is 4.30. The predicted molar refractivity (Wildman–Crippen MR) is 94.3 cm³/mol. The minimum absolute atomic E-state index is 0.149. The van der Waals surface area contributed by atoms with Gasteiger partial charge in [0.1, 0.15) is 11.9 Å². The van der Waals surface area contributed by atoms with Crippen LogP contribution in [0.1, 0.15) is 23.6 Å². The summed E-state index contributed by atoms with van der Waals surface area (Å²) in [6.07, 6.45) is -0.149. The molecule has 5 nitrogen and oxygen atoms in total. The molecule has 0 aliphatic carbocycles. The fourth-order valence-electron chi connectivity index (χ4n) is 2.51. The Bertz CT molecular complexity index is 977. The molecule has 0 N–H and O–H groups in total. The third kappa shape index (κ3) is 2.76. The Morgan fingerprint density at radius 2 is 1.88 bits per heavy atom. The molecule has 0 aliphatic rings. The molecule has 120 valence electrons. The summed E-state index contributed by atoms with van der Waals surface area (Å²) in [5, 5.41) is 14.1. The number of para-hydroxylation sites is 1. The van der Waals surface area contributed by atoms with Crippen molar-refractivity contribution in [1.82, 2.24) is 19.8 Å². The maximum atomic E-state index is 5.95. The Balaban J connectivity index is 1.67. The van der Waals surface area contributed by atoms with E-state index in [0.29, 0.717) is 0 Å². The maximum absolute atomic E-state index is 5.95. The van der Waals surface area contributed by atoms with Crippen molar-refractivity contribution in [2.75, 3.05) is 0 Å². The molecule has 0 fully saturated rings. The van der Waals surface area contributed by atoms with E-state index in [1.54, 1.807) is 4.52 Å². The molecule has 1 atom stereocenters. The molecule has 0 radical (unpaired) electrons. The van der Waals surface area contributed by atoms with Crippen LogP contribution >= 0.6 is 11.3 Å². The molecule has 2 aromatic carbocycles. The maximum Gasteiger partial charge on any atom is 0.235 e. The van der Waals surface area contributed by atoms with Gasteiger partial charge in [-0.25, -0.2) is 0 Å². The van der Waals surface area contributed by atoms with E-state index in [2.05, 4.69) is 34.4 Å². The summed E-state index contributed by atoms with van der Waals surface area (Å²) >= 11 is 1.50. The van der Waals surface area contributed by atoms with Crippen molar-refractivity contribution in [1.29, 1.82) is 0 Å². The van der Waals surface area contributed by atoms with Crippen molar-refractivity contribution in [2.45, 2.75) is 20.0 Å². The molecule has 2 heterocycles. The number of ether oxygens (including phenoxy) is 1. The van der Waals surface area contributed by atoms with Gasteiger partial charge in [0, 0.05) is 5.56 Å². The van der Waals surface area contributed by atoms with Gasteiger partial charge in [-0.05, 0) is 32.0 Å². The molecule has 24 heavy (non-hydrogen) atoms. The van der Waals surface area contributed by atoms with Crippen LogP contribution in [0.2, 0.25) is 0 Å². The molecule has 0 saturated heterocycles. The summed E-state index contributed by atoms with van der Waals surface area (Å²) in [6, 6.07) is 17.9. The number of fused-ring (bicyclic) bond motifs is 1. The zero-order valence-corrected chi connectivity index (χ0v) is 14.2. The van der Waals surface area contributed by atoms with Crippen LogP contribution in [-0.2, 0) is 0 Å². The van der Waals surface area contributed by atoms with Gasteiger partial charge < -0.3 is 4.74 Å². The van der Waals surface area contributed by atoms with Gasteiger partial charge in [0.15, 0.2) is 10.8 Å².